The Hall–Kier alpha value is -2.54. The number of nitrogens with zero attached hydrogens (tertiary/aromatic N) is 1. The van der Waals surface area contributed by atoms with Crippen molar-refractivity contribution in [3.8, 4) is 11.5 Å². The molecule has 0 saturated carbocycles. The average Bonchev–Trinajstić information content (AvgIpc) is 2.59. The maximum absolute atomic E-state index is 12.3. The molecule has 0 unspecified atom stereocenters. The molecule has 0 aliphatic rings. The molecular formula is C19H23NO5S. The fraction of sp³-hybridized carbons (Fsp3) is 0.316. The summed E-state index contributed by atoms with van der Waals surface area (Å²) in [6.45, 7) is 2.69. The molecule has 6 nitrogen and oxygen atoms in total. The van der Waals surface area contributed by atoms with Gasteiger partial charge in [-0.1, -0.05) is 31.5 Å². The van der Waals surface area contributed by atoms with Gasteiger partial charge in [-0.15, -0.1) is 0 Å². The number of hydrogen-bond acceptors (Lipinski definition) is 5. The van der Waals surface area contributed by atoms with Crippen molar-refractivity contribution in [1.29, 1.82) is 0 Å². The van der Waals surface area contributed by atoms with Crippen molar-refractivity contribution < 1.29 is 23.1 Å². The molecule has 0 saturated heterocycles. The van der Waals surface area contributed by atoms with E-state index < -0.39 is 15.8 Å². The summed E-state index contributed by atoms with van der Waals surface area (Å²) in [5, 5.41) is 9.38. The van der Waals surface area contributed by atoms with E-state index in [1.54, 1.807) is 31.3 Å². The van der Waals surface area contributed by atoms with Gasteiger partial charge in [0, 0.05) is 19.8 Å². The molecule has 0 aliphatic carbocycles. The first-order valence-electron chi connectivity index (χ1n) is 8.29. The Morgan fingerprint density at radius 1 is 1.19 bits per heavy atom. The Labute approximate surface area is 153 Å². The Morgan fingerprint density at radius 3 is 2.38 bits per heavy atom. The van der Waals surface area contributed by atoms with Crippen molar-refractivity contribution in [2.45, 2.75) is 24.7 Å². The number of benzene rings is 2. The number of para-hydroxylation sites is 1. The monoisotopic (exact) mass is 377 g/mol. The predicted molar refractivity (Wildman–Crippen MR) is 101 cm³/mol. The van der Waals surface area contributed by atoms with Gasteiger partial charge in [0.05, 0.1) is 11.3 Å². The second-order valence-electron chi connectivity index (χ2n) is 6.09. The summed E-state index contributed by atoms with van der Waals surface area (Å²) >= 11 is 0. The van der Waals surface area contributed by atoms with E-state index in [1.165, 1.54) is 6.07 Å². The number of carboxylic acids is 1. The number of anilines is 1. The lowest BCUT2D eigenvalue weighted by Crippen LogP contribution is -2.20. The molecule has 140 valence electrons. The van der Waals surface area contributed by atoms with Crippen LogP contribution in [0.2, 0.25) is 0 Å². The summed E-state index contributed by atoms with van der Waals surface area (Å²) in [6.07, 6.45) is 2.88. The zero-order valence-corrected chi connectivity index (χ0v) is 15.9. The van der Waals surface area contributed by atoms with E-state index in [0.717, 1.165) is 25.2 Å². The number of aromatic carboxylic acids is 1. The van der Waals surface area contributed by atoms with Crippen LogP contribution in [0.15, 0.2) is 47.4 Å². The van der Waals surface area contributed by atoms with E-state index >= 15 is 0 Å². The standard InChI is InChI=1S/C19H23NO5S/c1-4-5-11-20(2)16-12-14(19(21)22)13-17(26(3,23)24)18(16)25-15-9-7-6-8-10-15/h6-10,12-13H,4-5,11H2,1-3H3,(H,21,22). The van der Waals surface area contributed by atoms with Crippen LogP contribution in [-0.2, 0) is 9.84 Å². The van der Waals surface area contributed by atoms with Crippen LogP contribution in [0.25, 0.3) is 0 Å². The van der Waals surface area contributed by atoms with Crippen molar-refractivity contribution >= 4 is 21.5 Å². The Morgan fingerprint density at radius 2 is 1.85 bits per heavy atom. The van der Waals surface area contributed by atoms with Crippen LogP contribution in [0.3, 0.4) is 0 Å². The van der Waals surface area contributed by atoms with Gasteiger partial charge in [0.15, 0.2) is 15.6 Å². The second kappa shape index (κ2) is 8.23. The fourth-order valence-corrected chi connectivity index (χ4v) is 3.32. The highest BCUT2D eigenvalue weighted by atomic mass is 32.2. The van der Waals surface area contributed by atoms with Crippen molar-refractivity contribution in [1.82, 2.24) is 0 Å². The maximum Gasteiger partial charge on any atom is 0.335 e. The third-order valence-corrected chi connectivity index (χ3v) is 5.01. The summed E-state index contributed by atoms with van der Waals surface area (Å²) in [4.78, 5) is 13.2. The lowest BCUT2D eigenvalue weighted by Gasteiger charge is -2.24. The molecule has 0 aliphatic heterocycles. The lowest BCUT2D eigenvalue weighted by atomic mass is 10.1. The Balaban J connectivity index is 2.68. The zero-order valence-electron chi connectivity index (χ0n) is 15.1. The Bertz CT molecular complexity index is 878. The fourth-order valence-electron chi connectivity index (χ4n) is 2.49. The number of hydrogen-bond donors (Lipinski definition) is 1. The van der Waals surface area contributed by atoms with Crippen molar-refractivity contribution in [3.63, 3.8) is 0 Å². The molecule has 0 heterocycles. The predicted octanol–water partition coefficient (Wildman–Crippen LogP) is 3.82. The molecular weight excluding hydrogens is 354 g/mol. The molecule has 0 atom stereocenters. The first-order valence-corrected chi connectivity index (χ1v) is 10.2. The summed E-state index contributed by atoms with van der Waals surface area (Å²) < 4.78 is 30.5. The Kier molecular flexibility index (Phi) is 6.26. The largest absolute Gasteiger partial charge is 0.478 e. The van der Waals surface area contributed by atoms with Gasteiger partial charge >= 0.3 is 5.97 Å². The average molecular weight is 377 g/mol. The summed E-state index contributed by atoms with van der Waals surface area (Å²) in [5.74, 6) is -0.570. The van der Waals surface area contributed by atoms with Gasteiger partial charge in [0.25, 0.3) is 0 Å². The first kappa shape index (κ1) is 19.8. The van der Waals surface area contributed by atoms with Crippen LogP contribution < -0.4 is 9.64 Å². The van der Waals surface area contributed by atoms with Crippen molar-refractivity contribution in [3.05, 3.63) is 48.0 Å². The number of carbonyl (C=O) groups is 1. The molecule has 26 heavy (non-hydrogen) atoms. The van der Waals surface area contributed by atoms with Gasteiger partial charge in [-0.3, -0.25) is 0 Å². The van der Waals surface area contributed by atoms with Gasteiger partial charge in [-0.05, 0) is 30.7 Å². The molecule has 2 rings (SSSR count). The van der Waals surface area contributed by atoms with E-state index in [-0.39, 0.29) is 16.2 Å². The third kappa shape index (κ3) is 4.76. The molecule has 0 bridgehead atoms. The SMILES string of the molecule is CCCCN(C)c1cc(C(=O)O)cc(S(C)(=O)=O)c1Oc1ccccc1. The van der Waals surface area contributed by atoms with Gasteiger partial charge < -0.3 is 14.7 Å². The molecule has 0 radical (unpaired) electrons. The number of carboxylic acid groups (broad SMARTS) is 1. The molecule has 1 N–H and O–H groups in total. The summed E-state index contributed by atoms with van der Waals surface area (Å²) in [5.41, 5.74) is 0.340. The van der Waals surface area contributed by atoms with Crippen molar-refractivity contribution in [2.75, 3.05) is 24.7 Å². The van der Waals surface area contributed by atoms with E-state index in [9.17, 15) is 18.3 Å². The van der Waals surface area contributed by atoms with Crippen molar-refractivity contribution in [2.24, 2.45) is 0 Å². The van der Waals surface area contributed by atoms with Crippen LogP contribution in [0.5, 0.6) is 11.5 Å². The highest BCUT2D eigenvalue weighted by Gasteiger charge is 2.24. The lowest BCUT2D eigenvalue weighted by molar-refractivity contribution is 0.0696. The van der Waals surface area contributed by atoms with E-state index in [0.29, 0.717) is 18.0 Å². The minimum Gasteiger partial charge on any atom is -0.478 e. The molecule has 0 amide bonds. The number of rotatable bonds is 8. The third-order valence-electron chi connectivity index (χ3n) is 3.90. The number of sulfone groups is 1. The molecule has 0 fully saturated rings. The zero-order chi connectivity index (χ0) is 19.3. The van der Waals surface area contributed by atoms with Gasteiger partial charge in [0.1, 0.15) is 10.6 Å². The molecule has 7 heteroatoms. The van der Waals surface area contributed by atoms with E-state index in [4.69, 9.17) is 4.74 Å². The van der Waals surface area contributed by atoms with Crippen LogP contribution in [-0.4, -0.2) is 39.3 Å². The summed E-state index contributed by atoms with van der Waals surface area (Å²) in [7, 11) is -1.91. The smallest absolute Gasteiger partial charge is 0.335 e. The minimum absolute atomic E-state index is 0.0933. The van der Waals surface area contributed by atoms with Crippen LogP contribution in [0, 0.1) is 0 Å². The van der Waals surface area contributed by atoms with Gasteiger partial charge in [-0.25, -0.2) is 13.2 Å². The van der Waals surface area contributed by atoms with Crippen LogP contribution in [0.1, 0.15) is 30.1 Å². The second-order valence-corrected chi connectivity index (χ2v) is 8.07. The molecule has 0 spiro atoms. The molecule has 2 aromatic rings. The van der Waals surface area contributed by atoms with E-state index in [2.05, 4.69) is 0 Å². The maximum atomic E-state index is 12.3. The minimum atomic E-state index is -3.70. The normalized spacial score (nSPS) is 11.2. The van der Waals surface area contributed by atoms with Crippen LogP contribution in [0.4, 0.5) is 5.69 Å². The highest BCUT2D eigenvalue weighted by Crippen LogP contribution is 2.39. The first-order chi connectivity index (χ1) is 12.2. The highest BCUT2D eigenvalue weighted by molar-refractivity contribution is 7.90. The number of ether oxygens (including phenoxy) is 1. The van der Waals surface area contributed by atoms with Gasteiger partial charge in [-0.2, -0.15) is 0 Å². The summed E-state index contributed by atoms with van der Waals surface area (Å²) in [6, 6.07) is 11.4. The topological polar surface area (TPSA) is 83.9 Å². The molecule has 0 aromatic heterocycles. The van der Waals surface area contributed by atoms with E-state index in [1.807, 2.05) is 17.9 Å². The van der Waals surface area contributed by atoms with Crippen LogP contribution >= 0.6 is 0 Å². The molecule has 2 aromatic carbocycles. The number of unbranched alkanes of at least 4 members (excludes halogenated alkanes) is 1. The quantitative estimate of drug-likeness (QED) is 0.753. The van der Waals surface area contributed by atoms with Gasteiger partial charge in [0.2, 0.25) is 0 Å².